The van der Waals surface area contributed by atoms with Gasteiger partial charge in [-0.05, 0) is 79.4 Å². The largest absolute Gasteiger partial charge is 0.489 e. The van der Waals surface area contributed by atoms with Crippen molar-refractivity contribution < 1.29 is 9.53 Å². The van der Waals surface area contributed by atoms with E-state index in [-0.39, 0.29) is 12.0 Å². The number of ether oxygens (including phenoxy) is 1. The minimum Gasteiger partial charge on any atom is -0.489 e. The van der Waals surface area contributed by atoms with Gasteiger partial charge >= 0.3 is 0 Å². The van der Waals surface area contributed by atoms with Gasteiger partial charge in [0, 0.05) is 6.54 Å². The molecule has 1 saturated heterocycles. The zero-order valence-corrected chi connectivity index (χ0v) is 21.6. The van der Waals surface area contributed by atoms with Crippen LogP contribution in [0.2, 0.25) is 5.02 Å². The van der Waals surface area contributed by atoms with E-state index < -0.39 is 0 Å². The summed E-state index contributed by atoms with van der Waals surface area (Å²) in [5.41, 5.74) is 2.94. The fraction of sp³-hybridized carbons (Fsp3) is 0.241. The molecule has 3 aromatic rings. The Balaban J connectivity index is 1.55. The first-order chi connectivity index (χ1) is 17.0. The number of amides is 1. The summed E-state index contributed by atoms with van der Waals surface area (Å²) >= 11 is 7.86. The summed E-state index contributed by atoms with van der Waals surface area (Å²) in [5, 5.41) is 1.23. The third-order valence-corrected chi connectivity index (χ3v) is 7.02. The fourth-order valence-electron chi connectivity index (χ4n) is 3.64. The molecule has 0 aliphatic carbocycles. The summed E-state index contributed by atoms with van der Waals surface area (Å²) in [6, 6.07) is 25.7. The lowest BCUT2D eigenvalue weighted by molar-refractivity contribution is -0.122. The van der Waals surface area contributed by atoms with Crippen LogP contribution in [0.5, 0.6) is 5.75 Å². The van der Waals surface area contributed by atoms with Crippen molar-refractivity contribution in [3.8, 4) is 5.75 Å². The second-order valence-electron chi connectivity index (χ2n) is 8.41. The van der Waals surface area contributed by atoms with Gasteiger partial charge in [0.05, 0.1) is 21.7 Å². The molecule has 0 unspecified atom stereocenters. The Bertz CT molecular complexity index is 1210. The molecular weight excluding hydrogens is 476 g/mol. The van der Waals surface area contributed by atoms with Crippen LogP contribution < -0.4 is 4.74 Å². The highest BCUT2D eigenvalue weighted by Gasteiger charge is 2.33. The molecule has 0 N–H and O–H groups in total. The predicted octanol–water partition coefficient (Wildman–Crippen LogP) is 7.75. The van der Waals surface area contributed by atoms with E-state index in [2.05, 4.69) is 19.1 Å². The average molecular weight is 505 g/mol. The second kappa shape index (κ2) is 12.1. The van der Waals surface area contributed by atoms with Crippen LogP contribution in [0.25, 0.3) is 6.08 Å². The van der Waals surface area contributed by atoms with E-state index >= 15 is 0 Å². The highest BCUT2D eigenvalue weighted by atomic mass is 35.5. The highest BCUT2D eigenvalue weighted by Crippen LogP contribution is 2.35. The molecular formula is C29H29ClN2O2S. The van der Waals surface area contributed by atoms with Gasteiger partial charge in [0.15, 0.2) is 5.17 Å². The van der Waals surface area contributed by atoms with Gasteiger partial charge in [0.1, 0.15) is 5.75 Å². The van der Waals surface area contributed by atoms with E-state index in [9.17, 15) is 4.79 Å². The molecule has 3 aromatic carbocycles. The number of thioether (sulfide) groups is 1. The summed E-state index contributed by atoms with van der Waals surface area (Å²) in [4.78, 5) is 20.6. The molecule has 35 heavy (non-hydrogen) atoms. The molecule has 4 rings (SSSR count). The Kier molecular flexibility index (Phi) is 8.67. The maximum absolute atomic E-state index is 13.4. The molecule has 1 fully saturated rings. The van der Waals surface area contributed by atoms with Crippen molar-refractivity contribution in [2.24, 2.45) is 4.99 Å². The molecule has 4 nitrogen and oxygen atoms in total. The molecule has 1 aliphatic heterocycles. The van der Waals surface area contributed by atoms with Crippen molar-refractivity contribution in [3.05, 3.63) is 99.9 Å². The molecule has 180 valence electrons. The number of hydrogen-bond donors (Lipinski definition) is 0. The molecule has 0 saturated carbocycles. The SMILES string of the molecule is CC[C@H](C)Oc1ccc(/C=C2\SC(=Nc3ccccc3)N(CCCc3ccccc3)C2=O)cc1Cl. The molecule has 0 spiro atoms. The molecule has 1 heterocycles. The van der Waals surface area contributed by atoms with Crippen molar-refractivity contribution in [3.63, 3.8) is 0 Å². The summed E-state index contributed by atoms with van der Waals surface area (Å²) in [5.74, 6) is 0.622. The van der Waals surface area contributed by atoms with Gasteiger partial charge in [-0.1, -0.05) is 73.1 Å². The molecule has 0 radical (unpaired) electrons. The van der Waals surface area contributed by atoms with Crippen LogP contribution in [-0.4, -0.2) is 28.6 Å². The van der Waals surface area contributed by atoms with Crippen LogP contribution in [0.15, 0.2) is 88.8 Å². The van der Waals surface area contributed by atoms with E-state index in [0.717, 1.165) is 30.5 Å². The molecule has 0 bridgehead atoms. The van der Waals surface area contributed by atoms with E-state index in [1.807, 2.05) is 79.7 Å². The lowest BCUT2D eigenvalue weighted by Crippen LogP contribution is -2.30. The quantitative estimate of drug-likeness (QED) is 0.280. The van der Waals surface area contributed by atoms with Crippen molar-refractivity contribution in [2.75, 3.05) is 6.54 Å². The lowest BCUT2D eigenvalue weighted by Gasteiger charge is -2.15. The number of aryl methyl sites for hydroxylation is 1. The number of amidine groups is 1. The Morgan fingerprint density at radius 2 is 1.77 bits per heavy atom. The van der Waals surface area contributed by atoms with Gasteiger partial charge in [0.25, 0.3) is 5.91 Å². The summed E-state index contributed by atoms with van der Waals surface area (Å²) in [7, 11) is 0. The molecule has 1 atom stereocenters. The van der Waals surface area contributed by atoms with E-state index in [1.165, 1.54) is 17.3 Å². The first-order valence-corrected chi connectivity index (χ1v) is 13.1. The number of aliphatic imine (C=N–C) groups is 1. The van der Waals surface area contributed by atoms with Gasteiger partial charge in [-0.3, -0.25) is 9.69 Å². The average Bonchev–Trinajstić information content (AvgIpc) is 3.15. The van der Waals surface area contributed by atoms with Crippen LogP contribution in [0, 0.1) is 0 Å². The third kappa shape index (κ3) is 6.77. The number of nitrogens with zero attached hydrogens (tertiary/aromatic N) is 2. The maximum Gasteiger partial charge on any atom is 0.266 e. The summed E-state index contributed by atoms with van der Waals surface area (Å²) < 4.78 is 5.87. The second-order valence-corrected chi connectivity index (χ2v) is 9.83. The third-order valence-electron chi connectivity index (χ3n) is 5.72. The van der Waals surface area contributed by atoms with Gasteiger partial charge in [-0.15, -0.1) is 0 Å². The highest BCUT2D eigenvalue weighted by molar-refractivity contribution is 8.18. The van der Waals surface area contributed by atoms with Crippen molar-refractivity contribution in [1.29, 1.82) is 0 Å². The Morgan fingerprint density at radius 1 is 1.06 bits per heavy atom. The van der Waals surface area contributed by atoms with Gasteiger partial charge in [0.2, 0.25) is 0 Å². The van der Waals surface area contributed by atoms with Gasteiger partial charge in [-0.25, -0.2) is 4.99 Å². The first-order valence-electron chi connectivity index (χ1n) is 11.9. The monoisotopic (exact) mass is 504 g/mol. The maximum atomic E-state index is 13.4. The van der Waals surface area contributed by atoms with Crippen molar-refractivity contribution in [2.45, 2.75) is 39.2 Å². The molecule has 6 heteroatoms. The number of para-hydroxylation sites is 1. The van der Waals surface area contributed by atoms with E-state index in [4.69, 9.17) is 21.3 Å². The number of rotatable bonds is 9. The lowest BCUT2D eigenvalue weighted by atomic mass is 10.1. The molecule has 1 aliphatic rings. The number of halogens is 1. The molecule has 0 aromatic heterocycles. The Morgan fingerprint density at radius 3 is 2.46 bits per heavy atom. The van der Waals surface area contributed by atoms with Crippen molar-refractivity contribution in [1.82, 2.24) is 4.90 Å². The number of carbonyl (C=O) groups excluding carboxylic acids is 1. The topological polar surface area (TPSA) is 41.9 Å². The van der Waals surface area contributed by atoms with Crippen LogP contribution in [-0.2, 0) is 11.2 Å². The van der Waals surface area contributed by atoms with Gasteiger partial charge < -0.3 is 4.74 Å². The van der Waals surface area contributed by atoms with Crippen molar-refractivity contribution >= 4 is 46.2 Å². The van der Waals surface area contributed by atoms with Crippen LogP contribution in [0.3, 0.4) is 0 Å². The van der Waals surface area contributed by atoms with Gasteiger partial charge in [-0.2, -0.15) is 0 Å². The van der Waals surface area contributed by atoms with Crippen LogP contribution in [0.1, 0.15) is 37.8 Å². The summed E-state index contributed by atoms with van der Waals surface area (Å²) in [6.45, 7) is 4.69. The minimum atomic E-state index is -0.0335. The number of carbonyl (C=O) groups is 1. The zero-order chi connectivity index (χ0) is 24.6. The zero-order valence-electron chi connectivity index (χ0n) is 20.0. The van der Waals surface area contributed by atoms with E-state index in [0.29, 0.717) is 27.4 Å². The number of hydrogen-bond acceptors (Lipinski definition) is 4. The van der Waals surface area contributed by atoms with Crippen LogP contribution >= 0.6 is 23.4 Å². The Hall–Kier alpha value is -3.02. The van der Waals surface area contributed by atoms with E-state index in [1.54, 1.807) is 4.90 Å². The predicted molar refractivity (Wildman–Crippen MR) is 147 cm³/mol. The number of benzene rings is 3. The minimum absolute atomic E-state index is 0.0335. The normalized spacial score (nSPS) is 16.8. The smallest absolute Gasteiger partial charge is 0.266 e. The standard InChI is InChI=1S/C29H29ClN2O2S/c1-3-21(2)34-26-17-16-23(19-25(26)30)20-27-28(33)32(18-10-13-22-11-6-4-7-12-22)29(35-27)31-24-14-8-5-9-15-24/h4-9,11-12,14-17,19-21H,3,10,13,18H2,1-2H3/b27-20-,31-29?/t21-/m0/s1. The summed E-state index contributed by atoms with van der Waals surface area (Å²) in [6.07, 6.45) is 4.62. The Labute approximate surface area is 216 Å². The van der Waals surface area contributed by atoms with Crippen LogP contribution in [0.4, 0.5) is 5.69 Å². The molecule has 1 amide bonds. The fourth-order valence-corrected chi connectivity index (χ4v) is 4.90. The first kappa shape index (κ1) is 25.1.